The number of nitrogens with zero attached hydrogens (tertiary/aromatic N) is 2. The summed E-state index contributed by atoms with van der Waals surface area (Å²) in [6.45, 7) is 0.614. The second kappa shape index (κ2) is 7.53. The van der Waals surface area contributed by atoms with Crippen LogP contribution in [0.3, 0.4) is 0 Å². The molecule has 0 saturated heterocycles. The van der Waals surface area contributed by atoms with Crippen LogP contribution in [0.25, 0.3) is 11.1 Å². The Morgan fingerprint density at radius 3 is 2.74 bits per heavy atom. The molecule has 162 valence electrons. The van der Waals surface area contributed by atoms with Crippen molar-refractivity contribution in [1.82, 2.24) is 9.88 Å². The number of aromatic nitrogens is 1. The number of carbonyl (C=O) groups excluding carboxylic acids is 2. The van der Waals surface area contributed by atoms with Gasteiger partial charge in [0.05, 0.1) is 10.6 Å². The van der Waals surface area contributed by atoms with Crippen LogP contribution in [0.1, 0.15) is 35.2 Å². The summed E-state index contributed by atoms with van der Waals surface area (Å²) in [6.07, 6.45) is 5.08. The number of carbonyl (C=O) groups is 2. The largest absolute Gasteiger partial charge is 0.398 e. The number of hydrogen-bond donors (Lipinski definition) is 3. The lowest BCUT2D eigenvalue weighted by molar-refractivity contribution is -0.113. The Balaban J connectivity index is 1.84. The van der Waals surface area contributed by atoms with E-state index in [-0.39, 0.29) is 22.2 Å². The number of nitrogen functional groups attached to an aromatic ring is 1. The first-order valence-corrected chi connectivity index (χ1v) is 10.2. The van der Waals surface area contributed by atoms with Crippen LogP contribution in [0.4, 0.5) is 15.9 Å². The predicted octanol–water partition coefficient (Wildman–Crippen LogP) is 3.08. The van der Waals surface area contributed by atoms with Gasteiger partial charge < -0.3 is 21.7 Å². The molecule has 1 aromatic heterocycles. The Labute approximate surface area is 184 Å². The molecule has 1 aliphatic heterocycles. The van der Waals surface area contributed by atoms with Crippen LogP contribution in [-0.2, 0) is 10.2 Å². The Morgan fingerprint density at radius 1 is 1.32 bits per heavy atom. The molecule has 4 rings (SSSR count). The number of hydrogen-bond acceptors (Lipinski definition) is 5. The maximum atomic E-state index is 15.4. The van der Waals surface area contributed by atoms with Crippen molar-refractivity contribution in [2.75, 3.05) is 31.7 Å². The monoisotopic (exact) mass is 443 g/mol. The topological polar surface area (TPSA) is 114 Å². The number of primary amides is 1. The number of amides is 2. The Kier molecular flexibility index (Phi) is 5.13. The Hall–Kier alpha value is -3.13. The van der Waals surface area contributed by atoms with Crippen LogP contribution < -0.4 is 16.8 Å². The number of fused-ring (bicyclic) bond motifs is 2. The highest BCUT2D eigenvalue weighted by molar-refractivity contribution is 6.34. The van der Waals surface area contributed by atoms with Crippen molar-refractivity contribution in [1.29, 1.82) is 0 Å². The standard InChI is InChI=1S/C22H23ClFN5O2/c1-29(2)21(31)16-14(25)4-3-12(19(16)24)13-9-27-20-17(18(13)23)22(10-28-20)6-5-11(8-22)7-15(26)30/h3-4,7,9H,5-6,8,10,25H2,1-2H3,(H2,26,30)(H,27,28). The normalized spacial score (nSPS) is 20.7. The highest BCUT2D eigenvalue weighted by atomic mass is 35.5. The molecule has 1 aliphatic carbocycles. The number of nitrogens with one attached hydrogen (secondary N) is 1. The van der Waals surface area contributed by atoms with E-state index in [1.165, 1.54) is 43.4 Å². The van der Waals surface area contributed by atoms with Crippen molar-refractivity contribution in [3.8, 4) is 11.1 Å². The van der Waals surface area contributed by atoms with E-state index >= 15 is 4.39 Å². The van der Waals surface area contributed by atoms with E-state index < -0.39 is 17.6 Å². The van der Waals surface area contributed by atoms with Crippen molar-refractivity contribution in [3.05, 3.63) is 51.9 Å². The van der Waals surface area contributed by atoms with E-state index in [0.717, 1.165) is 24.0 Å². The van der Waals surface area contributed by atoms with E-state index in [1.807, 2.05) is 0 Å². The van der Waals surface area contributed by atoms with Crippen LogP contribution in [0.5, 0.6) is 0 Å². The Morgan fingerprint density at radius 2 is 2.06 bits per heavy atom. The van der Waals surface area contributed by atoms with E-state index in [4.69, 9.17) is 23.1 Å². The summed E-state index contributed by atoms with van der Waals surface area (Å²) in [5.41, 5.74) is 13.0. The number of benzene rings is 1. The molecule has 1 atom stereocenters. The molecule has 1 spiro atoms. The zero-order valence-corrected chi connectivity index (χ0v) is 18.0. The molecule has 1 aromatic carbocycles. The van der Waals surface area contributed by atoms with Gasteiger partial charge in [-0.25, -0.2) is 9.37 Å². The molecule has 0 radical (unpaired) electrons. The fraction of sp³-hybridized carbons (Fsp3) is 0.318. The third kappa shape index (κ3) is 3.40. The quantitative estimate of drug-likeness (QED) is 0.498. The van der Waals surface area contributed by atoms with E-state index in [1.54, 1.807) is 0 Å². The molecule has 1 fully saturated rings. The van der Waals surface area contributed by atoms with Crippen LogP contribution in [0, 0.1) is 5.82 Å². The van der Waals surface area contributed by atoms with Gasteiger partial charge in [0.25, 0.3) is 5.91 Å². The van der Waals surface area contributed by atoms with E-state index in [9.17, 15) is 9.59 Å². The number of rotatable bonds is 3. The third-order valence-electron chi connectivity index (χ3n) is 6.06. The summed E-state index contributed by atoms with van der Waals surface area (Å²) in [5.74, 6) is -1.09. The molecule has 0 bridgehead atoms. The molecule has 2 aliphatic rings. The van der Waals surface area contributed by atoms with Gasteiger partial charge in [-0.15, -0.1) is 0 Å². The molecule has 2 heterocycles. The third-order valence-corrected chi connectivity index (χ3v) is 6.45. The first-order valence-electron chi connectivity index (χ1n) is 9.86. The van der Waals surface area contributed by atoms with Gasteiger partial charge in [-0.1, -0.05) is 17.2 Å². The second-order valence-electron chi connectivity index (χ2n) is 8.32. The van der Waals surface area contributed by atoms with Gasteiger partial charge in [0.15, 0.2) is 0 Å². The number of nitrogens with two attached hydrogens (primary N) is 2. The van der Waals surface area contributed by atoms with Gasteiger partial charge in [0.2, 0.25) is 5.91 Å². The van der Waals surface area contributed by atoms with Crippen LogP contribution in [-0.4, -0.2) is 42.3 Å². The molecule has 2 aromatic rings. The number of anilines is 2. The minimum atomic E-state index is -0.733. The molecular formula is C22H23ClFN5O2. The number of pyridine rings is 1. The SMILES string of the molecule is CN(C)C(=O)c1c(N)ccc(-c2cnc3c(c2Cl)C2(CCC(=CC(N)=O)C2)CN3)c1F. The lowest BCUT2D eigenvalue weighted by Gasteiger charge is -2.24. The maximum absolute atomic E-state index is 15.4. The van der Waals surface area contributed by atoms with Gasteiger partial charge in [0.1, 0.15) is 11.6 Å². The van der Waals surface area contributed by atoms with Crippen LogP contribution in [0.2, 0.25) is 5.02 Å². The van der Waals surface area contributed by atoms with Gasteiger partial charge in [-0.05, 0) is 31.4 Å². The average molecular weight is 444 g/mol. The van der Waals surface area contributed by atoms with Crippen molar-refractivity contribution < 1.29 is 14.0 Å². The summed E-state index contributed by atoms with van der Waals surface area (Å²) in [4.78, 5) is 29.5. The molecular weight excluding hydrogens is 421 g/mol. The van der Waals surface area contributed by atoms with Crippen molar-refractivity contribution in [2.24, 2.45) is 5.73 Å². The van der Waals surface area contributed by atoms with Gasteiger partial charge >= 0.3 is 0 Å². The van der Waals surface area contributed by atoms with Crippen LogP contribution >= 0.6 is 11.6 Å². The van der Waals surface area contributed by atoms with E-state index in [2.05, 4.69) is 10.3 Å². The van der Waals surface area contributed by atoms with Crippen molar-refractivity contribution >= 4 is 34.9 Å². The highest BCUT2D eigenvalue weighted by Gasteiger charge is 2.46. The second-order valence-corrected chi connectivity index (χ2v) is 8.69. The Bertz CT molecular complexity index is 1150. The first-order chi connectivity index (χ1) is 14.6. The smallest absolute Gasteiger partial charge is 0.258 e. The van der Waals surface area contributed by atoms with Crippen molar-refractivity contribution in [2.45, 2.75) is 24.7 Å². The molecule has 31 heavy (non-hydrogen) atoms. The lowest BCUT2D eigenvalue weighted by atomic mass is 9.80. The summed E-state index contributed by atoms with van der Waals surface area (Å²) in [5, 5.41) is 3.66. The summed E-state index contributed by atoms with van der Waals surface area (Å²) < 4.78 is 15.4. The highest BCUT2D eigenvalue weighted by Crippen LogP contribution is 2.53. The zero-order valence-electron chi connectivity index (χ0n) is 17.3. The first kappa shape index (κ1) is 21.1. The minimum absolute atomic E-state index is 0.0559. The molecule has 2 amide bonds. The van der Waals surface area contributed by atoms with Crippen molar-refractivity contribution in [3.63, 3.8) is 0 Å². The zero-order chi connectivity index (χ0) is 22.5. The fourth-order valence-corrected chi connectivity index (χ4v) is 5.02. The molecule has 1 unspecified atom stereocenters. The summed E-state index contributed by atoms with van der Waals surface area (Å²) >= 11 is 6.83. The molecule has 1 saturated carbocycles. The van der Waals surface area contributed by atoms with Gasteiger partial charge in [-0.2, -0.15) is 0 Å². The lowest BCUT2D eigenvalue weighted by Crippen LogP contribution is -2.25. The van der Waals surface area contributed by atoms with Gasteiger partial charge in [0, 0.05) is 60.7 Å². The maximum Gasteiger partial charge on any atom is 0.258 e. The summed E-state index contributed by atoms with van der Waals surface area (Å²) in [7, 11) is 3.06. The fourth-order valence-electron chi connectivity index (χ4n) is 4.58. The molecule has 5 N–H and O–H groups in total. The van der Waals surface area contributed by atoms with E-state index in [0.29, 0.717) is 29.4 Å². The van der Waals surface area contributed by atoms with Crippen LogP contribution in [0.15, 0.2) is 30.0 Å². The molecule has 9 heteroatoms. The summed E-state index contributed by atoms with van der Waals surface area (Å²) in [6, 6.07) is 3.00. The predicted molar refractivity (Wildman–Crippen MR) is 118 cm³/mol. The number of allylic oxidation sites excluding steroid dienone is 1. The average Bonchev–Trinajstić information content (AvgIpc) is 3.26. The van der Waals surface area contributed by atoms with Gasteiger partial charge in [-0.3, -0.25) is 9.59 Å². The molecule has 7 nitrogen and oxygen atoms in total. The minimum Gasteiger partial charge on any atom is -0.398 e. The number of halogens is 2.